The molecule has 0 rings (SSSR count). The summed E-state index contributed by atoms with van der Waals surface area (Å²) >= 11 is 0. The minimum atomic E-state index is -2.98. The number of rotatable bonds is 12. The molecule has 0 spiro atoms. The molecule has 4 atom stereocenters. The van der Waals surface area contributed by atoms with Crippen LogP contribution in [-0.2, 0) is 62.6 Å². The summed E-state index contributed by atoms with van der Waals surface area (Å²) in [5.74, 6) is 0. The van der Waals surface area contributed by atoms with E-state index >= 15 is 0 Å². The van der Waals surface area contributed by atoms with Crippen LogP contribution in [0.4, 0.5) is 0 Å². The molecule has 8 N–H and O–H groups in total. The Morgan fingerprint density at radius 3 is 0.655 bits per heavy atom. The Labute approximate surface area is 190 Å². The first-order valence-corrected chi connectivity index (χ1v) is 12.1. The van der Waals surface area contributed by atoms with Gasteiger partial charge in [0.15, 0.2) is 0 Å². The molecule has 0 fully saturated rings. The van der Waals surface area contributed by atoms with E-state index in [-0.39, 0.29) is 78.8 Å². The van der Waals surface area contributed by atoms with E-state index in [9.17, 15) is 37.8 Å². The van der Waals surface area contributed by atoms with Crippen molar-refractivity contribution in [1.29, 1.82) is 0 Å². The first-order chi connectivity index (χ1) is 13.1. The molecule has 21 heteroatoms. The van der Waals surface area contributed by atoms with Crippen LogP contribution in [0.1, 0.15) is 0 Å². The zero-order valence-electron chi connectivity index (χ0n) is 15.4. The van der Waals surface area contributed by atoms with Crippen LogP contribution < -0.4 is 42.5 Å². The third-order valence-corrected chi connectivity index (χ3v) is 3.11. The van der Waals surface area contributed by atoms with Crippen molar-refractivity contribution in [2.45, 2.75) is 0 Å². The van der Waals surface area contributed by atoms with Crippen molar-refractivity contribution in [2.75, 3.05) is 52.6 Å². The van der Waals surface area contributed by atoms with Crippen LogP contribution in [0.15, 0.2) is 0 Å². The summed E-state index contributed by atoms with van der Waals surface area (Å²) in [7, 11) is -11.9. The van der Waals surface area contributed by atoms with Crippen molar-refractivity contribution in [3.63, 3.8) is 0 Å². The first-order valence-electron chi connectivity index (χ1n) is 7.24. The maximum atomic E-state index is 9.55. The van der Waals surface area contributed by atoms with Crippen LogP contribution in [-0.4, -0.2) is 52.6 Å². The maximum Gasteiger partial charge on any atom is 4.00 e. The van der Waals surface area contributed by atoms with Gasteiger partial charge in [-0.2, -0.15) is 0 Å². The number of hydrogen-bond acceptors (Lipinski definition) is 16. The third kappa shape index (κ3) is 72.9. The van der Waals surface area contributed by atoms with Gasteiger partial charge in [0.1, 0.15) is 33.0 Å². The van der Waals surface area contributed by atoms with Gasteiger partial charge in [-0.15, -0.1) is 0 Å². The van der Waals surface area contributed by atoms with Crippen LogP contribution in [0.25, 0.3) is 0 Å². The molecule has 0 saturated heterocycles. The topological polar surface area (TPSA) is 302 Å². The first kappa shape index (κ1) is 40.7. The zero-order chi connectivity index (χ0) is 22.8. The Kier molecular flexibility index (Phi) is 51.4. The van der Waals surface area contributed by atoms with Crippen LogP contribution in [0.3, 0.4) is 0 Å². The fourth-order valence-electron chi connectivity index (χ4n) is 0.569. The van der Waals surface area contributed by atoms with E-state index in [2.05, 4.69) is 18.1 Å². The second kappa shape index (κ2) is 36.7. The fourth-order valence-corrected chi connectivity index (χ4v) is 1.71. The molecule has 176 valence electrons. The van der Waals surface area contributed by atoms with Gasteiger partial charge in [-0.1, -0.05) is 0 Å². The van der Waals surface area contributed by atoms with Gasteiger partial charge in [-0.3, -0.25) is 0 Å². The molecule has 0 aliphatic heterocycles. The standard InChI is InChI=1S/4C2H8NO3P.Zr/c4*3-1-2-6-7(4)5;/h4*7H,1-3H2,(H,4,5);/q;;;;+4/p-4. The van der Waals surface area contributed by atoms with Gasteiger partial charge in [0.2, 0.25) is 0 Å². The molecule has 0 bridgehead atoms. The van der Waals surface area contributed by atoms with Crippen LogP contribution in [0.5, 0.6) is 0 Å². The molecule has 29 heavy (non-hydrogen) atoms. The predicted molar refractivity (Wildman–Crippen MR) is 96.0 cm³/mol. The van der Waals surface area contributed by atoms with Crippen LogP contribution in [0, 0.1) is 0 Å². The van der Waals surface area contributed by atoms with Crippen molar-refractivity contribution in [2.24, 2.45) is 22.9 Å². The second-order valence-electron chi connectivity index (χ2n) is 3.55. The van der Waals surface area contributed by atoms with E-state index in [0.29, 0.717) is 0 Å². The van der Waals surface area contributed by atoms with Gasteiger partial charge in [-0.25, -0.2) is 0 Å². The van der Waals surface area contributed by atoms with Crippen molar-refractivity contribution < 1.29 is 82.1 Å². The molecule has 0 aromatic carbocycles. The van der Waals surface area contributed by atoms with Gasteiger partial charge in [-0.05, 0) is 0 Å². The van der Waals surface area contributed by atoms with Gasteiger partial charge < -0.3 is 78.9 Å². The SMILES string of the molecule is NCCO[PH](=O)[O-].NCCO[PH](=O)[O-].NCCO[PH](=O)[O-].NCCO[PH](=O)[O-].[Zr+4]. The quantitative estimate of drug-likeness (QED) is 0.155. The molecule has 0 aromatic heterocycles. The van der Waals surface area contributed by atoms with E-state index in [1.54, 1.807) is 0 Å². The predicted octanol–water partition coefficient (Wildman–Crippen LogP) is -5.16. The Balaban J connectivity index is -0.0000000873. The molecule has 16 nitrogen and oxygen atoms in total. The Hall–Kier alpha value is 1.32. The Morgan fingerprint density at radius 2 is 0.621 bits per heavy atom. The van der Waals surface area contributed by atoms with Crippen LogP contribution >= 0.6 is 33.0 Å². The molecule has 0 saturated carbocycles. The zero-order valence-corrected chi connectivity index (χ0v) is 21.8. The maximum absolute atomic E-state index is 9.55. The fraction of sp³-hybridized carbons (Fsp3) is 1.00. The van der Waals surface area contributed by atoms with E-state index in [1.165, 1.54) is 0 Å². The van der Waals surface area contributed by atoms with Crippen molar-refractivity contribution in [3.8, 4) is 0 Å². The summed E-state index contributed by atoms with van der Waals surface area (Å²) in [4.78, 5) is 38.2. The molecule has 4 unspecified atom stereocenters. The average molecular weight is 587 g/mol. The monoisotopic (exact) mass is 586 g/mol. The Morgan fingerprint density at radius 1 is 0.483 bits per heavy atom. The smallest absolute Gasteiger partial charge is 0.781 e. The molecule has 0 radical (unpaired) electrons. The minimum Gasteiger partial charge on any atom is -0.781 e. The van der Waals surface area contributed by atoms with Gasteiger partial charge in [0.25, 0.3) is 0 Å². The molecule has 0 aliphatic rings. The van der Waals surface area contributed by atoms with E-state index in [1.807, 2.05) is 0 Å². The average Bonchev–Trinajstić information content (AvgIpc) is 2.62. The van der Waals surface area contributed by atoms with E-state index < -0.39 is 33.0 Å². The molecular weight excluding hydrogens is 559 g/mol. The normalized spacial score (nSPS) is 13.5. The largest absolute Gasteiger partial charge is 4.00 e. The summed E-state index contributed by atoms with van der Waals surface area (Å²) < 4.78 is 54.4. The summed E-state index contributed by atoms with van der Waals surface area (Å²) in [6.45, 7) is 1.39. The number of nitrogens with two attached hydrogens (primary N) is 4. The molecular formula is C8H28N4O12P4Zr. The van der Waals surface area contributed by atoms with E-state index in [4.69, 9.17) is 22.9 Å². The summed E-state index contributed by atoms with van der Waals surface area (Å²) in [5, 5.41) is 0. The molecule has 0 aromatic rings. The van der Waals surface area contributed by atoms with Crippen molar-refractivity contribution >= 4 is 33.0 Å². The van der Waals surface area contributed by atoms with Crippen LogP contribution in [0.2, 0.25) is 0 Å². The third-order valence-electron chi connectivity index (χ3n) is 1.35. The molecule has 0 aliphatic carbocycles. The van der Waals surface area contributed by atoms with Crippen molar-refractivity contribution in [3.05, 3.63) is 0 Å². The summed E-state index contributed by atoms with van der Waals surface area (Å²) in [6, 6.07) is 0. The van der Waals surface area contributed by atoms with E-state index in [0.717, 1.165) is 0 Å². The molecule has 0 amide bonds. The van der Waals surface area contributed by atoms with Gasteiger partial charge in [0.05, 0.1) is 26.4 Å². The van der Waals surface area contributed by atoms with Crippen molar-refractivity contribution in [1.82, 2.24) is 0 Å². The number of hydrogen-bond donors (Lipinski definition) is 4. The molecule has 0 heterocycles. The van der Waals surface area contributed by atoms with Gasteiger partial charge in [0, 0.05) is 26.2 Å². The minimum absolute atomic E-state index is 0. The Bertz CT molecular complexity index is 342. The summed E-state index contributed by atoms with van der Waals surface area (Å²) in [6.07, 6.45) is 0. The summed E-state index contributed by atoms with van der Waals surface area (Å²) in [5.41, 5.74) is 19.6. The van der Waals surface area contributed by atoms with Gasteiger partial charge >= 0.3 is 26.2 Å². The second-order valence-corrected chi connectivity index (χ2v) is 6.70.